The van der Waals surface area contributed by atoms with E-state index >= 15 is 0 Å². The molecule has 8 heteroatoms. The molecule has 0 fully saturated rings. The van der Waals surface area contributed by atoms with Crippen molar-refractivity contribution in [1.29, 1.82) is 0 Å². The van der Waals surface area contributed by atoms with E-state index in [4.69, 9.17) is 16.7 Å². The molecule has 4 aromatic rings. The third kappa shape index (κ3) is 4.78. The Morgan fingerprint density at radius 3 is 2.49 bits per heavy atom. The van der Waals surface area contributed by atoms with Crippen molar-refractivity contribution in [2.75, 3.05) is 0 Å². The minimum atomic E-state index is -1.07. The number of nitrogens with zero attached hydrogens (tertiary/aromatic N) is 2. The van der Waals surface area contributed by atoms with Gasteiger partial charge in [-0.1, -0.05) is 71.8 Å². The standard InChI is InChI=1S/C29H24ClN3O4/c1-17-11-12-22-20(15-17)27(18-7-3-2-4-8-18)28(29(37)31-22)23-16-24(19-9-5-6-10-21(19)30)33(32-23)25(34)13-14-26(35)36/h2-12,15,24H,13-14,16H2,1H3,(H,31,37)(H,35,36). The number of aliphatic carboxylic acids is 1. The lowest BCUT2D eigenvalue weighted by molar-refractivity contribution is -0.141. The average molecular weight is 514 g/mol. The zero-order chi connectivity index (χ0) is 26.1. The van der Waals surface area contributed by atoms with Crippen LogP contribution in [0.4, 0.5) is 0 Å². The van der Waals surface area contributed by atoms with Gasteiger partial charge in [-0.2, -0.15) is 5.10 Å². The molecule has 0 saturated carbocycles. The number of carboxylic acid groups (broad SMARTS) is 1. The van der Waals surface area contributed by atoms with Gasteiger partial charge in [-0.3, -0.25) is 14.4 Å². The van der Waals surface area contributed by atoms with Gasteiger partial charge < -0.3 is 10.1 Å². The van der Waals surface area contributed by atoms with Crippen molar-refractivity contribution < 1.29 is 14.7 Å². The summed E-state index contributed by atoms with van der Waals surface area (Å²) in [6, 6.07) is 22.0. The number of rotatable bonds is 6. The zero-order valence-corrected chi connectivity index (χ0v) is 20.8. The number of carbonyl (C=O) groups excluding carboxylic acids is 1. The Morgan fingerprint density at radius 1 is 1.03 bits per heavy atom. The number of benzene rings is 3. The molecule has 2 heterocycles. The number of amides is 1. The van der Waals surface area contributed by atoms with Crippen molar-refractivity contribution in [2.45, 2.75) is 32.2 Å². The molecule has 0 spiro atoms. The number of hydrogen-bond acceptors (Lipinski definition) is 4. The maximum absolute atomic E-state index is 13.6. The molecule has 186 valence electrons. The molecule has 2 N–H and O–H groups in total. The Bertz CT molecular complexity index is 1610. The van der Waals surface area contributed by atoms with E-state index in [1.807, 2.05) is 67.6 Å². The highest BCUT2D eigenvalue weighted by Gasteiger charge is 2.36. The number of H-pyrrole nitrogens is 1. The number of hydrogen-bond donors (Lipinski definition) is 2. The maximum atomic E-state index is 13.6. The summed E-state index contributed by atoms with van der Waals surface area (Å²) in [7, 11) is 0. The molecule has 0 saturated heterocycles. The van der Waals surface area contributed by atoms with Crippen LogP contribution in [-0.2, 0) is 9.59 Å². The minimum absolute atomic E-state index is 0.216. The van der Waals surface area contributed by atoms with Crippen molar-refractivity contribution in [3.05, 3.63) is 105 Å². The van der Waals surface area contributed by atoms with Crippen LogP contribution in [0.2, 0.25) is 5.02 Å². The Balaban J connectivity index is 1.71. The van der Waals surface area contributed by atoms with Crippen LogP contribution in [0, 0.1) is 6.92 Å². The number of aromatic nitrogens is 1. The second-order valence-electron chi connectivity index (χ2n) is 9.04. The summed E-state index contributed by atoms with van der Waals surface area (Å²) >= 11 is 6.50. The first-order valence-corrected chi connectivity index (χ1v) is 12.3. The average Bonchev–Trinajstić information content (AvgIpc) is 3.32. The highest BCUT2D eigenvalue weighted by Crippen LogP contribution is 2.39. The third-order valence-electron chi connectivity index (χ3n) is 6.50. The zero-order valence-electron chi connectivity index (χ0n) is 20.1. The number of nitrogens with one attached hydrogen (secondary N) is 1. The number of pyridine rings is 1. The van der Waals surface area contributed by atoms with E-state index in [1.54, 1.807) is 12.1 Å². The van der Waals surface area contributed by atoms with Gasteiger partial charge in [0.05, 0.1) is 23.7 Å². The van der Waals surface area contributed by atoms with Gasteiger partial charge in [-0.15, -0.1) is 0 Å². The lowest BCUT2D eigenvalue weighted by Crippen LogP contribution is -2.27. The Morgan fingerprint density at radius 2 is 1.76 bits per heavy atom. The van der Waals surface area contributed by atoms with E-state index in [9.17, 15) is 14.4 Å². The van der Waals surface area contributed by atoms with Crippen LogP contribution in [0.15, 0.2) is 82.7 Å². The summed E-state index contributed by atoms with van der Waals surface area (Å²) in [5, 5.41) is 16.4. The van der Waals surface area contributed by atoms with E-state index in [1.165, 1.54) is 5.01 Å². The molecule has 1 amide bonds. The summed E-state index contributed by atoms with van der Waals surface area (Å²) in [6.45, 7) is 1.99. The molecule has 0 bridgehead atoms. The normalized spacial score (nSPS) is 15.1. The number of aromatic amines is 1. The van der Waals surface area contributed by atoms with E-state index in [0.29, 0.717) is 27.4 Å². The molecule has 0 radical (unpaired) electrons. The van der Waals surface area contributed by atoms with Gasteiger partial charge in [-0.25, -0.2) is 5.01 Å². The van der Waals surface area contributed by atoms with Crippen LogP contribution in [0.1, 0.15) is 42.0 Å². The number of halogens is 1. The highest BCUT2D eigenvalue weighted by molar-refractivity contribution is 6.31. The minimum Gasteiger partial charge on any atom is -0.481 e. The first-order valence-electron chi connectivity index (χ1n) is 11.9. The summed E-state index contributed by atoms with van der Waals surface area (Å²) in [6.07, 6.45) is -0.283. The summed E-state index contributed by atoms with van der Waals surface area (Å²) in [5.41, 5.74) is 4.52. The Kier molecular flexibility index (Phi) is 6.63. The van der Waals surface area contributed by atoms with E-state index in [2.05, 4.69) is 10.1 Å². The van der Waals surface area contributed by atoms with Gasteiger partial charge in [0.15, 0.2) is 0 Å². The molecule has 3 aromatic carbocycles. The summed E-state index contributed by atoms with van der Waals surface area (Å²) in [4.78, 5) is 40.8. The van der Waals surface area contributed by atoms with Crippen LogP contribution < -0.4 is 5.56 Å². The topological polar surface area (TPSA) is 103 Å². The summed E-state index contributed by atoms with van der Waals surface area (Å²) in [5.74, 6) is -1.52. The number of aryl methyl sites for hydroxylation is 1. The first kappa shape index (κ1) is 24.5. The van der Waals surface area contributed by atoms with E-state index < -0.39 is 17.9 Å². The molecule has 7 nitrogen and oxygen atoms in total. The number of carboxylic acids is 1. The fraction of sp³-hybridized carbons (Fsp3) is 0.172. The fourth-order valence-electron chi connectivity index (χ4n) is 4.79. The SMILES string of the molecule is Cc1ccc2[nH]c(=O)c(C3=NN(C(=O)CCC(=O)O)C(c4ccccc4Cl)C3)c(-c3ccccc3)c2c1. The van der Waals surface area contributed by atoms with Crippen LogP contribution >= 0.6 is 11.6 Å². The van der Waals surface area contributed by atoms with Crippen molar-refractivity contribution in [3.8, 4) is 11.1 Å². The molecule has 37 heavy (non-hydrogen) atoms. The number of carbonyl (C=O) groups is 2. The van der Waals surface area contributed by atoms with E-state index in [0.717, 1.165) is 22.1 Å². The lowest BCUT2D eigenvalue weighted by atomic mass is 9.90. The lowest BCUT2D eigenvalue weighted by Gasteiger charge is -2.22. The molecular formula is C29H24ClN3O4. The van der Waals surface area contributed by atoms with Crippen LogP contribution in [0.3, 0.4) is 0 Å². The second kappa shape index (κ2) is 10.0. The smallest absolute Gasteiger partial charge is 0.303 e. The van der Waals surface area contributed by atoms with Crippen molar-refractivity contribution >= 4 is 40.1 Å². The monoisotopic (exact) mass is 513 g/mol. The molecule has 1 unspecified atom stereocenters. The van der Waals surface area contributed by atoms with Gasteiger partial charge in [0.1, 0.15) is 0 Å². The first-order chi connectivity index (χ1) is 17.8. The quantitative estimate of drug-likeness (QED) is 0.345. The maximum Gasteiger partial charge on any atom is 0.303 e. The van der Waals surface area contributed by atoms with Gasteiger partial charge in [0.25, 0.3) is 5.56 Å². The molecule has 5 rings (SSSR count). The van der Waals surface area contributed by atoms with Gasteiger partial charge >= 0.3 is 5.97 Å². The van der Waals surface area contributed by atoms with Crippen molar-refractivity contribution in [2.24, 2.45) is 5.10 Å². The highest BCUT2D eigenvalue weighted by atomic mass is 35.5. The van der Waals surface area contributed by atoms with E-state index in [-0.39, 0.29) is 24.8 Å². The van der Waals surface area contributed by atoms with Crippen molar-refractivity contribution in [1.82, 2.24) is 9.99 Å². The third-order valence-corrected chi connectivity index (χ3v) is 6.85. The molecular weight excluding hydrogens is 490 g/mol. The molecule has 1 atom stereocenters. The number of hydrazone groups is 1. The van der Waals surface area contributed by atoms with Gasteiger partial charge in [0.2, 0.25) is 5.91 Å². The van der Waals surface area contributed by atoms with Crippen LogP contribution in [0.5, 0.6) is 0 Å². The van der Waals surface area contributed by atoms with Crippen LogP contribution in [-0.4, -0.2) is 32.7 Å². The Hall–Kier alpha value is -4.23. The molecule has 1 aliphatic rings. The molecule has 1 aliphatic heterocycles. The second-order valence-corrected chi connectivity index (χ2v) is 9.45. The van der Waals surface area contributed by atoms with Crippen LogP contribution in [0.25, 0.3) is 22.0 Å². The fourth-order valence-corrected chi connectivity index (χ4v) is 5.06. The predicted molar refractivity (Wildman–Crippen MR) is 144 cm³/mol. The Labute approximate surface area is 218 Å². The van der Waals surface area contributed by atoms with Crippen molar-refractivity contribution in [3.63, 3.8) is 0 Å². The largest absolute Gasteiger partial charge is 0.481 e. The molecule has 0 aliphatic carbocycles. The number of fused-ring (bicyclic) bond motifs is 1. The van der Waals surface area contributed by atoms with Gasteiger partial charge in [-0.05, 0) is 36.2 Å². The summed E-state index contributed by atoms with van der Waals surface area (Å²) < 4.78 is 0. The predicted octanol–water partition coefficient (Wildman–Crippen LogP) is 5.70. The molecule has 1 aromatic heterocycles. The van der Waals surface area contributed by atoms with Gasteiger partial charge in [0, 0.05) is 34.3 Å².